The minimum Gasteiger partial charge on any atom is -0.385 e. The molecule has 0 bridgehead atoms. The number of hydrogen-bond donors (Lipinski definition) is 2. The van der Waals surface area contributed by atoms with E-state index in [0.29, 0.717) is 24.6 Å². The molecule has 2 aromatic heterocycles. The molecule has 0 saturated heterocycles. The van der Waals surface area contributed by atoms with Crippen molar-refractivity contribution in [3.63, 3.8) is 0 Å². The summed E-state index contributed by atoms with van der Waals surface area (Å²) < 4.78 is 6.50. The van der Waals surface area contributed by atoms with Crippen molar-refractivity contribution in [2.75, 3.05) is 25.6 Å². The van der Waals surface area contributed by atoms with Crippen molar-refractivity contribution in [3.8, 4) is 0 Å². The van der Waals surface area contributed by atoms with Gasteiger partial charge in [-0.2, -0.15) is 0 Å². The van der Waals surface area contributed by atoms with Crippen LogP contribution in [0.15, 0.2) is 11.0 Å². The van der Waals surface area contributed by atoms with Gasteiger partial charge in [0.15, 0.2) is 5.82 Å². The number of methoxy groups -OCH3 is 1. The van der Waals surface area contributed by atoms with E-state index in [2.05, 4.69) is 41.3 Å². The van der Waals surface area contributed by atoms with Gasteiger partial charge in [0.2, 0.25) is 5.65 Å². The van der Waals surface area contributed by atoms with Crippen LogP contribution in [-0.4, -0.2) is 39.8 Å². The van der Waals surface area contributed by atoms with Gasteiger partial charge in [0, 0.05) is 31.9 Å². The number of rotatable bonds is 5. The van der Waals surface area contributed by atoms with Crippen LogP contribution in [0.3, 0.4) is 0 Å². The lowest BCUT2D eigenvalue weighted by Gasteiger charge is -2.19. The fraction of sp³-hybridized carbons (Fsp3) is 0.615. The fourth-order valence-electron chi connectivity index (χ4n) is 1.82. The van der Waals surface area contributed by atoms with E-state index in [1.807, 2.05) is 0 Å². The third-order valence-corrected chi connectivity index (χ3v) is 2.99. The Morgan fingerprint density at radius 2 is 2.20 bits per heavy atom. The molecule has 0 aromatic carbocycles. The van der Waals surface area contributed by atoms with Crippen molar-refractivity contribution < 1.29 is 4.74 Å². The van der Waals surface area contributed by atoms with Crippen molar-refractivity contribution in [1.82, 2.24) is 19.6 Å². The van der Waals surface area contributed by atoms with Gasteiger partial charge in [0.1, 0.15) is 0 Å². The SMILES string of the molecule is COCCCNc1nc(C(C)(C)C)cn2c(=O)[nH]nc12. The van der Waals surface area contributed by atoms with Gasteiger partial charge in [-0.25, -0.2) is 19.3 Å². The third-order valence-electron chi connectivity index (χ3n) is 2.99. The Balaban J connectivity index is 2.38. The molecule has 110 valence electrons. The standard InChI is InChI=1S/C13H21N5O2/c1-13(2,3)9-8-18-11(16-17-12(18)19)10(15-9)14-6-5-7-20-4/h8H,5-7H2,1-4H3,(H,14,15)(H,17,19). The zero-order chi connectivity index (χ0) is 14.8. The number of hydrogen-bond acceptors (Lipinski definition) is 5. The second-order valence-electron chi connectivity index (χ2n) is 5.72. The van der Waals surface area contributed by atoms with Crippen molar-refractivity contribution in [1.29, 1.82) is 0 Å². The van der Waals surface area contributed by atoms with Crippen LogP contribution in [0.1, 0.15) is 32.9 Å². The molecule has 2 rings (SSSR count). The molecule has 2 N–H and O–H groups in total. The second kappa shape index (κ2) is 5.62. The van der Waals surface area contributed by atoms with Crippen molar-refractivity contribution in [2.24, 2.45) is 0 Å². The first-order valence-corrected chi connectivity index (χ1v) is 6.64. The fourth-order valence-corrected chi connectivity index (χ4v) is 1.82. The molecule has 7 nitrogen and oxygen atoms in total. The summed E-state index contributed by atoms with van der Waals surface area (Å²) in [6.45, 7) is 7.56. The first-order chi connectivity index (χ1) is 9.43. The molecule has 0 aliphatic rings. The third kappa shape index (κ3) is 2.98. The smallest absolute Gasteiger partial charge is 0.347 e. The average Bonchev–Trinajstić information content (AvgIpc) is 2.75. The predicted molar refractivity (Wildman–Crippen MR) is 77.3 cm³/mol. The maximum atomic E-state index is 11.8. The summed E-state index contributed by atoms with van der Waals surface area (Å²) in [6.07, 6.45) is 2.60. The summed E-state index contributed by atoms with van der Waals surface area (Å²) in [4.78, 5) is 16.3. The predicted octanol–water partition coefficient (Wildman–Crippen LogP) is 1.16. The molecule has 2 aromatic rings. The van der Waals surface area contributed by atoms with Crippen molar-refractivity contribution in [3.05, 3.63) is 22.4 Å². The summed E-state index contributed by atoms with van der Waals surface area (Å²) in [6, 6.07) is 0. The normalized spacial score (nSPS) is 12.0. The van der Waals surface area contributed by atoms with Crippen LogP contribution in [0.4, 0.5) is 5.82 Å². The summed E-state index contributed by atoms with van der Waals surface area (Å²) in [5.41, 5.74) is 0.949. The highest BCUT2D eigenvalue weighted by atomic mass is 16.5. The van der Waals surface area contributed by atoms with Crippen LogP contribution in [0, 0.1) is 0 Å². The van der Waals surface area contributed by atoms with E-state index in [9.17, 15) is 4.79 Å². The van der Waals surface area contributed by atoms with Gasteiger partial charge >= 0.3 is 5.69 Å². The van der Waals surface area contributed by atoms with E-state index < -0.39 is 0 Å². The number of aromatic amines is 1. The Kier molecular flexibility index (Phi) is 4.08. The molecule has 0 radical (unpaired) electrons. The molecule has 0 spiro atoms. The minimum atomic E-state index is -0.257. The summed E-state index contributed by atoms with van der Waals surface area (Å²) in [7, 11) is 1.67. The van der Waals surface area contributed by atoms with Crippen LogP contribution in [0.25, 0.3) is 5.65 Å². The Hall–Kier alpha value is -1.89. The number of fused-ring (bicyclic) bond motifs is 1. The first kappa shape index (κ1) is 14.5. The molecule has 0 fully saturated rings. The van der Waals surface area contributed by atoms with Gasteiger partial charge in [-0.3, -0.25) is 0 Å². The topological polar surface area (TPSA) is 84.3 Å². The molecule has 0 amide bonds. The number of nitrogens with one attached hydrogen (secondary N) is 2. The van der Waals surface area contributed by atoms with E-state index in [1.165, 1.54) is 4.40 Å². The first-order valence-electron chi connectivity index (χ1n) is 6.64. The largest absolute Gasteiger partial charge is 0.385 e. The van der Waals surface area contributed by atoms with Crippen LogP contribution in [0.5, 0.6) is 0 Å². The molecule has 0 aliphatic heterocycles. The zero-order valence-electron chi connectivity index (χ0n) is 12.4. The quantitative estimate of drug-likeness (QED) is 0.802. The Bertz CT molecular complexity index is 638. The van der Waals surface area contributed by atoms with E-state index in [0.717, 1.165) is 12.1 Å². The monoisotopic (exact) mass is 279 g/mol. The van der Waals surface area contributed by atoms with Crippen molar-refractivity contribution >= 4 is 11.5 Å². The zero-order valence-corrected chi connectivity index (χ0v) is 12.4. The number of anilines is 1. The van der Waals surface area contributed by atoms with Crippen LogP contribution >= 0.6 is 0 Å². The molecule has 2 heterocycles. The summed E-state index contributed by atoms with van der Waals surface area (Å²) in [5.74, 6) is 0.617. The number of aromatic nitrogens is 4. The van der Waals surface area contributed by atoms with Crippen LogP contribution < -0.4 is 11.0 Å². The molecule has 0 atom stereocenters. The van der Waals surface area contributed by atoms with E-state index in [4.69, 9.17) is 4.74 Å². The molecule has 0 aliphatic carbocycles. The maximum Gasteiger partial charge on any atom is 0.347 e. The van der Waals surface area contributed by atoms with Gasteiger partial charge < -0.3 is 10.1 Å². The Labute approximate surface area is 117 Å². The molecule has 20 heavy (non-hydrogen) atoms. The average molecular weight is 279 g/mol. The summed E-state index contributed by atoms with van der Waals surface area (Å²) >= 11 is 0. The van der Waals surface area contributed by atoms with Gasteiger partial charge in [-0.15, -0.1) is 5.10 Å². The van der Waals surface area contributed by atoms with Gasteiger partial charge in [-0.05, 0) is 6.42 Å². The van der Waals surface area contributed by atoms with Crippen molar-refractivity contribution in [2.45, 2.75) is 32.6 Å². The molecule has 0 saturated carbocycles. The van der Waals surface area contributed by atoms with Gasteiger partial charge in [0.05, 0.1) is 5.69 Å². The second-order valence-corrected chi connectivity index (χ2v) is 5.72. The highest BCUT2D eigenvalue weighted by molar-refractivity contribution is 5.62. The number of ether oxygens (including phenoxy) is 1. The molecule has 7 heteroatoms. The Morgan fingerprint density at radius 1 is 1.45 bits per heavy atom. The number of nitrogens with zero attached hydrogens (tertiary/aromatic N) is 3. The van der Waals surface area contributed by atoms with E-state index >= 15 is 0 Å². The van der Waals surface area contributed by atoms with Gasteiger partial charge in [0.25, 0.3) is 0 Å². The highest BCUT2D eigenvalue weighted by Gasteiger charge is 2.19. The molecular formula is C13H21N5O2. The lowest BCUT2D eigenvalue weighted by molar-refractivity contribution is 0.198. The Morgan fingerprint density at radius 3 is 2.85 bits per heavy atom. The number of H-pyrrole nitrogens is 1. The van der Waals surface area contributed by atoms with Gasteiger partial charge in [-0.1, -0.05) is 20.8 Å². The van der Waals surface area contributed by atoms with Crippen LogP contribution in [-0.2, 0) is 10.2 Å². The van der Waals surface area contributed by atoms with E-state index in [1.54, 1.807) is 13.3 Å². The summed E-state index contributed by atoms with van der Waals surface area (Å²) in [5, 5.41) is 9.67. The maximum absolute atomic E-state index is 11.8. The molecule has 0 unspecified atom stereocenters. The minimum absolute atomic E-state index is 0.145. The lowest BCUT2D eigenvalue weighted by Crippen LogP contribution is -2.20. The highest BCUT2D eigenvalue weighted by Crippen LogP contribution is 2.22. The van der Waals surface area contributed by atoms with Crippen LogP contribution in [0.2, 0.25) is 0 Å². The lowest BCUT2D eigenvalue weighted by atomic mass is 9.93. The van der Waals surface area contributed by atoms with E-state index in [-0.39, 0.29) is 11.1 Å². The molecular weight excluding hydrogens is 258 g/mol.